The summed E-state index contributed by atoms with van der Waals surface area (Å²) in [4.78, 5) is 25.6. The van der Waals surface area contributed by atoms with Crippen LogP contribution >= 0.6 is 11.3 Å². The van der Waals surface area contributed by atoms with E-state index in [9.17, 15) is 14.7 Å². The number of carboxylic acids is 1. The fourth-order valence-electron chi connectivity index (χ4n) is 1.65. The molecule has 0 saturated carbocycles. The molecule has 108 valence electrons. The van der Waals surface area contributed by atoms with E-state index in [1.165, 1.54) is 16.9 Å². The van der Waals surface area contributed by atoms with Crippen LogP contribution in [0.15, 0.2) is 35.7 Å². The monoisotopic (exact) mass is 303 g/mol. The number of thiazole rings is 1. The largest absolute Gasteiger partial charge is 0.506 e. The van der Waals surface area contributed by atoms with Crippen molar-refractivity contribution in [2.75, 3.05) is 0 Å². The minimum atomic E-state index is -1.61. The Morgan fingerprint density at radius 1 is 1.24 bits per heavy atom. The van der Waals surface area contributed by atoms with Gasteiger partial charge in [-0.2, -0.15) is 0 Å². The van der Waals surface area contributed by atoms with Crippen molar-refractivity contribution in [3.05, 3.63) is 57.6 Å². The van der Waals surface area contributed by atoms with Crippen molar-refractivity contribution in [3.8, 4) is 0 Å². The van der Waals surface area contributed by atoms with Crippen LogP contribution in [-0.4, -0.2) is 26.9 Å². The lowest BCUT2D eigenvalue weighted by atomic mass is 10.1. The zero-order valence-corrected chi connectivity index (χ0v) is 12.1. The van der Waals surface area contributed by atoms with E-state index in [2.05, 4.69) is 4.98 Å². The molecule has 0 amide bonds. The number of rotatable bonds is 5. The quantitative estimate of drug-likeness (QED) is 0.503. The van der Waals surface area contributed by atoms with Gasteiger partial charge >= 0.3 is 5.97 Å². The molecule has 0 unspecified atom stereocenters. The first-order valence-electron chi connectivity index (χ1n) is 6.14. The Labute approximate surface area is 125 Å². The second-order valence-electron chi connectivity index (χ2n) is 4.49. The van der Waals surface area contributed by atoms with E-state index in [0.29, 0.717) is 12.5 Å². The SMILES string of the molecule is Cc1ccc(Cc2nc(C(O)=CC(=O)C(=O)O)cs2)cc1. The molecular weight excluding hydrogens is 290 g/mol. The molecule has 0 aliphatic carbocycles. The van der Waals surface area contributed by atoms with Gasteiger partial charge in [0.25, 0.3) is 5.78 Å². The number of carbonyl (C=O) groups is 2. The molecule has 2 rings (SSSR count). The molecule has 5 nitrogen and oxygen atoms in total. The predicted octanol–water partition coefficient (Wildman–Crippen LogP) is 2.59. The number of hydrogen-bond acceptors (Lipinski definition) is 5. The van der Waals surface area contributed by atoms with E-state index in [4.69, 9.17) is 5.11 Å². The van der Waals surface area contributed by atoms with Gasteiger partial charge in [0, 0.05) is 17.9 Å². The molecule has 6 heteroatoms. The summed E-state index contributed by atoms with van der Waals surface area (Å²) in [5.74, 6) is -3.23. The summed E-state index contributed by atoms with van der Waals surface area (Å²) < 4.78 is 0. The highest BCUT2D eigenvalue weighted by molar-refractivity contribution is 7.09. The van der Waals surface area contributed by atoms with Gasteiger partial charge in [0.2, 0.25) is 0 Å². The molecule has 1 heterocycles. The van der Waals surface area contributed by atoms with Gasteiger partial charge in [-0.25, -0.2) is 9.78 Å². The minimum Gasteiger partial charge on any atom is -0.506 e. The molecule has 0 fully saturated rings. The van der Waals surface area contributed by atoms with Gasteiger partial charge < -0.3 is 10.2 Å². The van der Waals surface area contributed by atoms with E-state index in [0.717, 1.165) is 10.6 Å². The molecule has 21 heavy (non-hydrogen) atoms. The molecule has 0 aliphatic rings. The number of ketones is 1. The van der Waals surface area contributed by atoms with Crippen molar-refractivity contribution in [1.29, 1.82) is 0 Å². The van der Waals surface area contributed by atoms with Gasteiger partial charge in [-0.3, -0.25) is 4.79 Å². The highest BCUT2D eigenvalue weighted by Gasteiger charge is 2.12. The van der Waals surface area contributed by atoms with Gasteiger partial charge in [-0.1, -0.05) is 29.8 Å². The fraction of sp³-hybridized carbons (Fsp3) is 0.133. The van der Waals surface area contributed by atoms with Crippen molar-refractivity contribution >= 4 is 28.8 Å². The van der Waals surface area contributed by atoms with Gasteiger partial charge in [0.05, 0.1) is 5.01 Å². The maximum Gasteiger partial charge on any atom is 0.376 e. The molecule has 0 atom stereocenters. The molecule has 1 aromatic heterocycles. The molecule has 0 bridgehead atoms. The lowest BCUT2D eigenvalue weighted by Crippen LogP contribution is -2.09. The number of hydrogen-bond donors (Lipinski definition) is 2. The lowest BCUT2D eigenvalue weighted by Gasteiger charge is -1.98. The number of nitrogens with zero attached hydrogens (tertiary/aromatic N) is 1. The van der Waals surface area contributed by atoms with Gasteiger partial charge in [0.1, 0.15) is 11.5 Å². The third-order valence-corrected chi connectivity index (χ3v) is 3.62. The second kappa shape index (κ2) is 6.32. The van der Waals surface area contributed by atoms with Crippen LogP contribution in [0.25, 0.3) is 5.76 Å². The van der Waals surface area contributed by atoms with Crippen LogP contribution < -0.4 is 0 Å². The maximum absolute atomic E-state index is 11.0. The fourth-order valence-corrected chi connectivity index (χ4v) is 2.47. The van der Waals surface area contributed by atoms with E-state index in [1.54, 1.807) is 5.38 Å². The number of aromatic nitrogens is 1. The van der Waals surface area contributed by atoms with Crippen molar-refractivity contribution in [3.63, 3.8) is 0 Å². The number of aliphatic hydroxyl groups is 1. The normalized spacial score (nSPS) is 11.4. The number of benzene rings is 1. The summed E-state index contributed by atoms with van der Waals surface area (Å²) in [6.07, 6.45) is 1.28. The van der Waals surface area contributed by atoms with Crippen LogP contribution in [0, 0.1) is 6.92 Å². The summed E-state index contributed by atoms with van der Waals surface area (Å²) in [7, 11) is 0. The smallest absolute Gasteiger partial charge is 0.376 e. The molecule has 0 spiro atoms. The number of aryl methyl sites for hydroxylation is 1. The highest BCUT2D eigenvalue weighted by Crippen LogP contribution is 2.19. The first-order valence-corrected chi connectivity index (χ1v) is 7.02. The molecule has 2 aromatic rings. The van der Waals surface area contributed by atoms with Crippen molar-refractivity contribution < 1.29 is 19.8 Å². The van der Waals surface area contributed by atoms with E-state index < -0.39 is 17.5 Å². The van der Waals surface area contributed by atoms with E-state index >= 15 is 0 Å². The summed E-state index contributed by atoms with van der Waals surface area (Å²) in [5, 5.41) is 20.5. The average molecular weight is 303 g/mol. The first-order chi connectivity index (χ1) is 9.95. The molecule has 2 N–H and O–H groups in total. The van der Waals surface area contributed by atoms with Gasteiger partial charge in [-0.05, 0) is 12.5 Å². The summed E-state index contributed by atoms with van der Waals surface area (Å²) in [6.45, 7) is 2.01. The second-order valence-corrected chi connectivity index (χ2v) is 5.43. The third-order valence-electron chi connectivity index (χ3n) is 2.77. The van der Waals surface area contributed by atoms with E-state index in [1.807, 2.05) is 31.2 Å². The molecular formula is C15H13NO4S. The third kappa shape index (κ3) is 4.00. The Morgan fingerprint density at radius 3 is 2.52 bits per heavy atom. The standard InChI is InChI=1S/C15H13NO4S/c1-9-2-4-10(5-3-9)6-14-16-11(8-21-14)12(17)7-13(18)15(19)20/h2-5,7-8,17H,6H2,1H3,(H,19,20). The zero-order chi connectivity index (χ0) is 15.4. The Morgan fingerprint density at radius 2 is 1.90 bits per heavy atom. The molecule has 0 aliphatic heterocycles. The average Bonchev–Trinajstić information content (AvgIpc) is 2.90. The van der Waals surface area contributed by atoms with Crippen molar-refractivity contribution in [1.82, 2.24) is 4.98 Å². The highest BCUT2D eigenvalue weighted by atomic mass is 32.1. The Balaban J connectivity index is 2.12. The summed E-state index contributed by atoms with van der Waals surface area (Å²) in [5.41, 5.74) is 2.47. The first kappa shape index (κ1) is 14.9. The maximum atomic E-state index is 11.0. The summed E-state index contributed by atoms with van der Waals surface area (Å²) in [6, 6.07) is 8.01. The molecule has 1 aromatic carbocycles. The molecule has 0 radical (unpaired) electrons. The minimum absolute atomic E-state index is 0.205. The number of carbonyl (C=O) groups excluding carboxylic acids is 1. The van der Waals surface area contributed by atoms with E-state index in [-0.39, 0.29) is 5.69 Å². The Bertz CT molecular complexity index is 701. The lowest BCUT2D eigenvalue weighted by molar-refractivity contribution is -0.146. The number of carboxylic acid groups (broad SMARTS) is 1. The van der Waals surface area contributed by atoms with Gasteiger partial charge in [-0.15, -0.1) is 11.3 Å². The topological polar surface area (TPSA) is 87.5 Å². The van der Waals surface area contributed by atoms with Crippen LogP contribution in [0.4, 0.5) is 0 Å². The van der Waals surface area contributed by atoms with Crippen LogP contribution in [0.1, 0.15) is 21.8 Å². The van der Waals surface area contributed by atoms with Crippen molar-refractivity contribution in [2.45, 2.75) is 13.3 Å². The Kier molecular flexibility index (Phi) is 4.49. The van der Waals surface area contributed by atoms with Crippen molar-refractivity contribution in [2.24, 2.45) is 0 Å². The van der Waals surface area contributed by atoms with Crippen LogP contribution in [0.5, 0.6) is 0 Å². The van der Waals surface area contributed by atoms with Crippen LogP contribution in [0.3, 0.4) is 0 Å². The Hall–Kier alpha value is -2.47. The number of aliphatic carboxylic acids is 1. The van der Waals surface area contributed by atoms with Crippen LogP contribution in [-0.2, 0) is 16.0 Å². The van der Waals surface area contributed by atoms with Gasteiger partial charge in [0.15, 0.2) is 0 Å². The number of aliphatic hydroxyl groups excluding tert-OH is 1. The predicted molar refractivity (Wildman–Crippen MR) is 79.3 cm³/mol. The zero-order valence-electron chi connectivity index (χ0n) is 11.2. The summed E-state index contributed by atoms with van der Waals surface area (Å²) >= 11 is 1.34. The molecule has 0 saturated heterocycles. The van der Waals surface area contributed by atoms with Crippen LogP contribution in [0.2, 0.25) is 0 Å².